The third-order valence-corrected chi connectivity index (χ3v) is 5.21. The number of nitrogens with one attached hydrogen (secondary N) is 2. The second-order valence-electron chi connectivity index (χ2n) is 3.85. The van der Waals surface area contributed by atoms with Crippen molar-refractivity contribution in [2.75, 3.05) is 30.3 Å². The zero-order chi connectivity index (χ0) is 13.4. The quantitative estimate of drug-likeness (QED) is 0.549. The van der Waals surface area contributed by atoms with Crippen LogP contribution in [0, 0.1) is 0 Å². The van der Waals surface area contributed by atoms with E-state index in [4.69, 9.17) is 10.2 Å². The molecule has 104 valence electrons. The van der Waals surface area contributed by atoms with E-state index in [9.17, 15) is 9.59 Å². The van der Waals surface area contributed by atoms with Crippen LogP contribution < -0.4 is 10.6 Å². The molecule has 1 aliphatic rings. The summed E-state index contributed by atoms with van der Waals surface area (Å²) in [5, 5.41) is 23.1. The standard InChI is InChI=1S/C10H18N2O4S2/c13-8(9(14)15)1-2-11-10(16)12-5-7-6-17-3-4-18-7/h7-8,13H,1-6H2,(H,14,15)(H2,11,12,16). The number of urea groups is 1. The zero-order valence-electron chi connectivity index (χ0n) is 9.92. The fraction of sp³-hybridized carbons (Fsp3) is 0.800. The highest BCUT2D eigenvalue weighted by atomic mass is 32.2. The van der Waals surface area contributed by atoms with Crippen molar-refractivity contribution in [3.05, 3.63) is 0 Å². The second kappa shape index (κ2) is 8.49. The molecule has 4 N–H and O–H groups in total. The molecular weight excluding hydrogens is 276 g/mol. The molecule has 18 heavy (non-hydrogen) atoms. The molecule has 0 bridgehead atoms. The van der Waals surface area contributed by atoms with Crippen LogP contribution in [0.3, 0.4) is 0 Å². The summed E-state index contributed by atoms with van der Waals surface area (Å²) < 4.78 is 0. The fourth-order valence-corrected chi connectivity index (χ4v) is 3.98. The number of carboxylic acid groups (broad SMARTS) is 1. The highest BCUT2D eigenvalue weighted by molar-refractivity contribution is 8.06. The molecule has 2 amide bonds. The monoisotopic (exact) mass is 294 g/mol. The van der Waals surface area contributed by atoms with Crippen LogP contribution in [0.15, 0.2) is 0 Å². The Morgan fingerprint density at radius 3 is 2.72 bits per heavy atom. The SMILES string of the molecule is O=C(NCCC(O)C(=O)O)NCC1CSCCS1. The number of aliphatic carboxylic acids is 1. The van der Waals surface area contributed by atoms with E-state index in [2.05, 4.69) is 10.6 Å². The molecule has 0 spiro atoms. The first-order chi connectivity index (χ1) is 8.59. The third-order valence-electron chi connectivity index (χ3n) is 2.36. The third kappa shape index (κ3) is 6.36. The van der Waals surface area contributed by atoms with Gasteiger partial charge in [0.2, 0.25) is 0 Å². The van der Waals surface area contributed by atoms with Crippen molar-refractivity contribution in [1.82, 2.24) is 10.6 Å². The largest absolute Gasteiger partial charge is 0.479 e. The molecule has 0 aliphatic carbocycles. The van der Waals surface area contributed by atoms with Gasteiger partial charge in [0.25, 0.3) is 0 Å². The molecule has 2 unspecified atom stereocenters. The lowest BCUT2D eigenvalue weighted by Gasteiger charge is -2.21. The minimum Gasteiger partial charge on any atom is -0.479 e. The molecule has 0 aromatic heterocycles. The lowest BCUT2D eigenvalue weighted by atomic mass is 10.2. The first-order valence-electron chi connectivity index (χ1n) is 5.71. The Morgan fingerprint density at radius 1 is 1.33 bits per heavy atom. The van der Waals surface area contributed by atoms with E-state index < -0.39 is 12.1 Å². The molecule has 0 radical (unpaired) electrons. The van der Waals surface area contributed by atoms with Crippen molar-refractivity contribution in [2.45, 2.75) is 17.8 Å². The number of aliphatic hydroxyl groups is 1. The van der Waals surface area contributed by atoms with E-state index in [-0.39, 0.29) is 19.0 Å². The maximum Gasteiger partial charge on any atom is 0.332 e. The molecule has 2 atom stereocenters. The number of thioether (sulfide) groups is 2. The first kappa shape index (κ1) is 15.5. The van der Waals surface area contributed by atoms with Crippen LogP contribution in [0.4, 0.5) is 4.79 Å². The summed E-state index contributed by atoms with van der Waals surface area (Å²) in [6, 6.07) is -0.316. The van der Waals surface area contributed by atoms with Crippen LogP contribution >= 0.6 is 23.5 Å². The molecule has 0 saturated carbocycles. The van der Waals surface area contributed by atoms with Crippen LogP contribution in [-0.2, 0) is 4.79 Å². The number of aliphatic hydroxyl groups excluding tert-OH is 1. The number of amides is 2. The summed E-state index contributed by atoms with van der Waals surface area (Å²) in [6.07, 6.45) is -1.41. The predicted molar refractivity (Wildman–Crippen MR) is 73.2 cm³/mol. The van der Waals surface area contributed by atoms with E-state index in [1.165, 1.54) is 5.75 Å². The number of rotatable bonds is 6. The Hall–Kier alpha value is -0.600. The van der Waals surface area contributed by atoms with E-state index in [0.717, 1.165) is 11.5 Å². The number of hydrogen-bond acceptors (Lipinski definition) is 5. The van der Waals surface area contributed by atoms with Gasteiger partial charge in [-0.1, -0.05) is 0 Å². The first-order valence-corrected chi connectivity index (χ1v) is 7.92. The number of carbonyl (C=O) groups excluding carboxylic acids is 1. The molecule has 0 aromatic carbocycles. The van der Waals surface area contributed by atoms with Gasteiger partial charge in [0.1, 0.15) is 0 Å². The van der Waals surface area contributed by atoms with E-state index in [0.29, 0.717) is 11.8 Å². The van der Waals surface area contributed by atoms with Gasteiger partial charge >= 0.3 is 12.0 Å². The summed E-state index contributed by atoms with van der Waals surface area (Å²) in [6.45, 7) is 0.761. The van der Waals surface area contributed by atoms with Crippen LogP contribution in [0.5, 0.6) is 0 Å². The van der Waals surface area contributed by atoms with Gasteiger partial charge in [-0.15, -0.1) is 0 Å². The molecule has 6 nitrogen and oxygen atoms in total. The van der Waals surface area contributed by atoms with Gasteiger partial charge in [0, 0.05) is 42.0 Å². The van der Waals surface area contributed by atoms with Crippen LogP contribution in [0.1, 0.15) is 6.42 Å². The molecular formula is C10H18N2O4S2. The topological polar surface area (TPSA) is 98.7 Å². The van der Waals surface area contributed by atoms with Crippen molar-refractivity contribution in [1.29, 1.82) is 0 Å². The number of hydrogen-bond donors (Lipinski definition) is 4. The van der Waals surface area contributed by atoms with E-state index in [1.54, 1.807) is 0 Å². The average Bonchev–Trinajstić information content (AvgIpc) is 2.37. The Labute approximate surface area is 114 Å². The molecule has 1 saturated heterocycles. The summed E-state index contributed by atoms with van der Waals surface area (Å²) in [5.74, 6) is 2.06. The molecule has 1 heterocycles. The molecule has 1 aliphatic heterocycles. The van der Waals surface area contributed by atoms with Gasteiger partial charge in [0.05, 0.1) is 0 Å². The van der Waals surface area contributed by atoms with Crippen molar-refractivity contribution in [2.24, 2.45) is 0 Å². The highest BCUT2D eigenvalue weighted by Gasteiger charge is 2.16. The van der Waals surface area contributed by atoms with Gasteiger partial charge in [-0.05, 0) is 0 Å². The lowest BCUT2D eigenvalue weighted by molar-refractivity contribution is -0.146. The summed E-state index contributed by atoms with van der Waals surface area (Å²) in [7, 11) is 0. The maximum atomic E-state index is 11.4. The van der Waals surface area contributed by atoms with E-state index >= 15 is 0 Å². The van der Waals surface area contributed by atoms with Gasteiger partial charge in [0.15, 0.2) is 6.10 Å². The average molecular weight is 294 g/mol. The highest BCUT2D eigenvalue weighted by Crippen LogP contribution is 2.23. The summed E-state index contributed by atoms with van der Waals surface area (Å²) >= 11 is 3.75. The van der Waals surface area contributed by atoms with Crippen molar-refractivity contribution in [3.63, 3.8) is 0 Å². The predicted octanol–water partition coefficient (Wildman–Crippen LogP) is -0.0302. The minimum absolute atomic E-state index is 0.0107. The normalized spacial score (nSPS) is 21.1. The fourth-order valence-electron chi connectivity index (χ4n) is 1.37. The van der Waals surface area contributed by atoms with Crippen LogP contribution in [0.25, 0.3) is 0 Å². The van der Waals surface area contributed by atoms with Gasteiger partial charge < -0.3 is 20.8 Å². The Morgan fingerprint density at radius 2 is 2.11 bits per heavy atom. The Balaban J connectivity index is 2.04. The van der Waals surface area contributed by atoms with Crippen LogP contribution in [-0.4, -0.2) is 63.9 Å². The van der Waals surface area contributed by atoms with E-state index in [1.807, 2.05) is 23.5 Å². The zero-order valence-corrected chi connectivity index (χ0v) is 11.6. The number of carbonyl (C=O) groups is 2. The number of carboxylic acids is 1. The second-order valence-corrected chi connectivity index (χ2v) is 6.41. The Kier molecular flexibility index (Phi) is 7.29. The maximum absolute atomic E-state index is 11.4. The van der Waals surface area contributed by atoms with Gasteiger partial charge in [-0.25, -0.2) is 9.59 Å². The van der Waals surface area contributed by atoms with Gasteiger partial charge in [-0.3, -0.25) is 0 Å². The van der Waals surface area contributed by atoms with Crippen LogP contribution in [0.2, 0.25) is 0 Å². The van der Waals surface area contributed by atoms with Gasteiger partial charge in [-0.2, -0.15) is 23.5 Å². The molecule has 1 fully saturated rings. The smallest absolute Gasteiger partial charge is 0.332 e. The molecule has 8 heteroatoms. The molecule has 0 aromatic rings. The lowest BCUT2D eigenvalue weighted by Crippen LogP contribution is -2.41. The van der Waals surface area contributed by atoms with Crippen molar-refractivity contribution in [3.8, 4) is 0 Å². The van der Waals surface area contributed by atoms with Crippen molar-refractivity contribution < 1.29 is 19.8 Å². The minimum atomic E-state index is -1.42. The van der Waals surface area contributed by atoms with Crippen molar-refractivity contribution >= 4 is 35.5 Å². The Bertz CT molecular complexity index is 285. The summed E-state index contributed by atoms with van der Waals surface area (Å²) in [5.41, 5.74) is 0. The summed E-state index contributed by atoms with van der Waals surface area (Å²) in [4.78, 5) is 21.7. The molecule has 1 rings (SSSR count).